The largest absolute Gasteiger partial charge is 0.394 e. The first kappa shape index (κ1) is 24.8. The van der Waals surface area contributed by atoms with E-state index in [0.29, 0.717) is 41.6 Å². The van der Waals surface area contributed by atoms with Gasteiger partial charge in [-0.1, -0.05) is 6.07 Å². The molecular formula is C27H38N6O3. The molecule has 2 aliphatic heterocycles. The molecule has 194 valence electrons. The van der Waals surface area contributed by atoms with Crippen LogP contribution in [0.25, 0.3) is 0 Å². The zero-order valence-corrected chi connectivity index (χ0v) is 21.6. The van der Waals surface area contributed by atoms with Crippen LogP contribution in [-0.2, 0) is 4.74 Å². The molecule has 1 spiro atoms. The van der Waals surface area contributed by atoms with Gasteiger partial charge in [-0.3, -0.25) is 4.79 Å². The highest BCUT2D eigenvalue weighted by Gasteiger charge is 2.45. The van der Waals surface area contributed by atoms with E-state index in [1.807, 2.05) is 38.1 Å². The summed E-state index contributed by atoms with van der Waals surface area (Å²) in [5.41, 5.74) is 0.532. The number of ether oxygens (including phenoxy) is 1. The average molecular weight is 495 g/mol. The van der Waals surface area contributed by atoms with E-state index in [1.165, 1.54) is 12.8 Å². The fourth-order valence-corrected chi connectivity index (χ4v) is 5.10. The molecule has 2 aromatic heterocycles. The van der Waals surface area contributed by atoms with Gasteiger partial charge in [0.25, 0.3) is 5.91 Å². The first-order valence-electron chi connectivity index (χ1n) is 13.1. The molecule has 5 rings (SSSR count). The van der Waals surface area contributed by atoms with Crippen LogP contribution in [0.5, 0.6) is 0 Å². The lowest BCUT2D eigenvalue weighted by Crippen LogP contribution is -2.44. The number of nitrogens with one attached hydrogen (secondary N) is 2. The molecule has 0 radical (unpaired) electrons. The molecule has 0 unspecified atom stereocenters. The van der Waals surface area contributed by atoms with Gasteiger partial charge in [-0.25, -0.2) is 9.97 Å². The van der Waals surface area contributed by atoms with Gasteiger partial charge in [0.1, 0.15) is 23.3 Å². The molecular weight excluding hydrogens is 456 g/mol. The summed E-state index contributed by atoms with van der Waals surface area (Å²) in [6, 6.07) is 9.56. The number of anilines is 4. The Balaban J connectivity index is 1.38. The third-order valence-corrected chi connectivity index (χ3v) is 7.70. The lowest BCUT2D eigenvalue weighted by atomic mass is 9.93. The number of hydrogen-bond acceptors (Lipinski definition) is 8. The molecule has 1 aliphatic carbocycles. The molecule has 0 bridgehead atoms. The summed E-state index contributed by atoms with van der Waals surface area (Å²) in [7, 11) is 0. The van der Waals surface area contributed by atoms with Gasteiger partial charge in [0.15, 0.2) is 0 Å². The number of carbonyl (C=O) groups is 1. The Labute approximate surface area is 213 Å². The van der Waals surface area contributed by atoms with Crippen LogP contribution in [0.4, 0.5) is 23.3 Å². The maximum absolute atomic E-state index is 13.5. The van der Waals surface area contributed by atoms with Crippen LogP contribution in [-0.4, -0.2) is 72.0 Å². The maximum Gasteiger partial charge on any atom is 0.260 e. The van der Waals surface area contributed by atoms with Crippen LogP contribution in [0.2, 0.25) is 0 Å². The number of amides is 1. The smallest absolute Gasteiger partial charge is 0.260 e. The fourth-order valence-electron chi connectivity index (χ4n) is 5.10. The van der Waals surface area contributed by atoms with Crippen molar-refractivity contribution in [1.82, 2.24) is 9.97 Å². The normalized spacial score (nSPS) is 21.4. The van der Waals surface area contributed by atoms with Gasteiger partial charge in [-0.2, -0.15) is 0 Å². The minimum absolute atomic E-state index is 0.0255. The van der Waals surface area contributed by atoms with Crippen molar-refractivity contribution in [3.63, 3.8) is 0 Å². The predicted octanol–water partition coefficient (Wildman–Crippen LogP) is 3.52. The Morgan fingerprint density at radius 2 is 1.89 bits per heavy atom. The number of morpholine rings is 1. The molecule has 2 aromatic rings. The lowest BCUT2D eigenvalue weighted by molar-refractivity contribution is 0.0985. The van der Waals surface area contributed by atoms with E-state index in [-0.39, 0.29) is 18.6 Å². The molecule has 3 N–H and O–H groups in total. The van der Waals surface area contributed by atoms with Crippen molar-refractivity contribution in [1.29, 1.82) is 0 Å². The Hall–Kier alpha value is -2.91. The lowest BCUT2D eigenvalue weighted by Gasteiger charge is -2.34. The molecule has 9 heteroatoms. The zero-order valence-electron chi connectivity index (χ0n) is 21.6. The SMILES string of the molecule is C[C@H]1COCCN1c1cccc(NC(=O)c2ccc(NC(C)(C)CO)nc2N2CCC3(CC2)CC3)n1. The van der Waals surface area contributed by atoms with Gasteiger partial charge in [-0.15, -0.1) is 0 Å². The predicted molar refractivity (Wildman–Crippen MR) is 142 cm³/mol. The second kappa shape index (κ2) is 9.86. The first-order valence-corrected chi connectivity index (χ1v) is 13.1. The van der Waals surface area contributed by atoms with Gasteiger partial charge in [-0.05, 0) is 76.1 Å². The van der Waals surface area contributed by atoms with Gasteiger partial charge in [0, 0.05) is 19.6 Å². The summed E-state index contributed by atoms with van der Waals surface area (Å²) in [5.74, 6) is 2.45. The molecule has 4 heterocycles. The van der Waals surface area contributed by atoms with Crippen LogP contribution in [0.15, 0.2) is 30.3 Å². The highest BCUT2D eigenvalue weighted by molar-refractivity contribution is 6.07. The number of aliphatic hydroxyl groups is 1. The van der Waals surface area contributed by atoms with Crippen molar-refractivity contribution in [2.75, 3.05) is 59.9 Å². The first-order chi connectivity index (χ1) is 17.3. The van der Waals surface area contributed by atoms with Crippen LogP contribution in [0, 0.1) is 5.41 Å². The maximum atomic E-state index is 13.5. The van der Waals surface area contributed by atoms with E-state index in [0.717, 1.165) is 38.3 Å². The molecule has 1 atom stereocenters. The summed E-state index contributed by atoms with van der Waals surface area (Å²) < 4.78 is 5.55. The second-order valence-electron chi connectivity index (χ2n) is 11.2. The molecule has 1 amide bonds. The van der Waals surface area contributed by atoms with Crippen molar-refractivity contribution >= 4 is 29.2 Å². The summed E-state index contributed by atoms with van der Waals surface area (Å²) in [4.78, 5) is 27.5. The van der Waals surface area contributed by atoms with Crippen LogP contribution in [0.3, 0.4) is 0 Å². The highest BCUT2D eigenvalue weighted by Crippen LogP contribution is 2.54. The van der Waals surface area contributed by atoms with E-state index < -0.39 is 5.54 Å². The standard InChI is InChI=1S/C27H38N6O3/c1-19-17-36-16-15-33(19)23-6-4-5-21(28-23)30-25(35)20-7-8-22(31-26(2,3)18-34)29-24(20)32-13-11-27(9-10-27)12-14-32/h4-8,19,34H,9-18H2,1-3H3,(H,29,31)(H,28,30,35)/t19-/m0/s1. The molecule has 0 aromatic carbocycles. The molecule has 3 aliphatic rings. The number of hydrogen-bond donors (Lipinski definition) is 3. The molecule has 36 heavy (non-hydrogen) atoms. The van der Waals surface area contributed by atoms with Gasteiger partial charge in [0.05, 0.1) is 37.0 Å². The molecule has 1 saturated carbocycles. The third-order valence-electron chi connectivity index (χ3n) is 7.70. The Kier molecular flexibility index (Phi) is 6.78. The zero-order chi connectivity index (χ0) is 25.3. The summed E-state index contributed by atoms with van der Waals surface area (Å²) >= 11 is 0. The van der Waals surface area contributed by atoms with Gasteiger partial charge in [0.2, 0.25) is 0 Å². The van der Waals surface area contributed by atoms with E-state index in [2.05, 4.69) is 27.4 Å². The number of rotatable bonds is 7. The number of aromatic nitrogens is 2. The summed E-state index contributed by atoms with van der Waals surface area (Å²) in [6.45, 7) is 9.81. The van der Waals surface area contributed by atoms with E-state index in [1.54, 1.807) is 6.07 Å². The average Bonchev–Trinajstić information content (AvgIpc) is 3.63. The summed E-state index contributed by atoms with van der Waals surface area (Å²) in [5, 5.41) is 16.0. The Bertz CT molecular complexity index is 1090. The Morgan fingerprint density at radius 1 is 1.11 bits per heavy atom. The second-order valence-corrected chi connectivity index (χ2v) is 11.2. The molecule has 2 saturated heterocycles. The molecule has 3 fully saturated rings. The van der Waals surface area contributed by atoms with Crippen molar-refractivity contribution in [2.45, 2.75) is 58.0 Å². The minimum atomic E-state index is -0.519. The van der Waals surface area contributed by atoms with Crippen molar-refractivity contribution < 1.29 is 14.6 Å². The number of piperidine rings is 1. The van der Waals surface area contributed by atoms with Gasteiger partial charge >= 0.3 is 0 Å². The van der Waals surface area contributed by atoms with Crippen molar-refractivity contribution in [3.05, 3.63) is 35.9 Å². The highest BCUT2D eigenvalue weighted by atomic mass is 16.5. The van der Waals surface area contributed by atoms with Crippen molar-refractivity contribution in [3.8, 4) is 0 Å². The van der Waals surface area contributed by atoms with Crippen molar-refractivity contribution in [2.24, 2.45) is 5.41 Å². The third kappa shape index (κ3) is 5.42. The van der Waals surface area contributed by atoms with E-state index in [4.69, 9.17) is 14.7 Å². The molecule has 9 nitrogen and oxygen atoms in total. The van der Waals surface area contributed by atoms with Crippen LogP contribution < -0.4 is 20.4 Å². The minimum Gasteiger partial charge on any atom is -0.394 e. The summed E-state index contributed by atoms with van der Waals surface area (Å²) in [6.07, 6.45) is 4.91. The van der Waals surface area contributed by atoms with Crippen LogP contribution >= 0.6 is 0 Å². The number of carbonyl (C=O) groups excluding carboxylic acids is 1. The topological polar surface area (TPSA) is 103 Å². The van der Waals surface area contributed by atoms with Gasteiger partial charge < -0.3 is 30.3 Å². The number of aliphatic hydroxyl groups excluding tert-OH is 1. The monoisotopic (exact) mass is 494 g/mol. The van der Waals surface area contributed by atoms with Crippen LogP contribution in [0.1, 0.15) is 56.8 Å². The quantitative estimate of drug-likeness (QED) is 0.537. The number of pyridine rings is 2. The fraction of sp³-hybridized carbons (Fsp3) is 0.593. The van der Waals surface area contributed by atoms with E-state index in [9.17, 15) is 9.90 Å². The van der Waals surface area contributed by atoms with E-state index >= 15 is 0 Å². The Morgan fingerprint density at radius 3 is 2.58 bits per heavy atom. The number of nitrogens with zero attached hydrogens (tertiary/aromatic N) is 4.